The second-order valence-electron chi connectivity index (χ2n) is 6.33. The van der Waals surface area contributed by atoms with Gasteiger partial charge in [0.15, 0.2) is 0 Å². The van der Waals surface area contributed by atoms with Gasteiger partial charge in [-0.15, -0.1) is 0 Å². The number of piperidine rings is 1. The first-order chi connectivity index (χ1) is 8.06. The first-order valence-electron chi connectivity index (χ1n) is 7.19. The minimum absolute atomic E-state index is 0.713. The average Bonchev–Trinajstić information content (AvgIpc) is 2.29. The van der Waals surface area contributed by atoms with E-state index in [4.69, 9.17) is 0 Å². The zero-order valence-electron chi connectivity index (χ0n) is 12.0. The van der Waals surface area contributed by atoms with Crippen LogP contribution in [0.2, 0.25) is 0 Å². The first kappa shape index (κ1) is 13.3. The van der Waals surface area contributed by atoms with Gasteiger partial charge in [-0.1, -0.05) is 0 Å². The summed E-state index contributed by atoms with van der Waals surface area (Å²) < 4.78 is 0. The van der Waals surface area contributed by atoms with Crippen LogP contribution in [-0.2, 0) is 0 Å². The molecular formula is C14H29N3. The smallest absolute Gasteiger partial charge is 0.0195 e. The van der Waals surface area contributed by atoms with Crippen molar-refractivity contribution in [2.75, 3.05) is 46.8 Å². The van der Waals surface area contributed by atoms with E-state index in [9.17, 15) is 0 Å². The molecule has 2 aliphatic heterocycles. The summed E-state index contributed by atoms with van der Waals surface area (Å²) in [6, 6.07) is 1.43. The number of likely N-dealkylation sites (tertiary alicyclic amines) is 1. The Morgan fingerprint density at radius 1 is 0.941 bits per heavy atom. The predicted molar refractivity (Wildman–Crippen MR) is 73.3 cm³/mol. The molecule has 17 heavy (non-hydrogen) atoms. The first-order valence-corrected chi connectivity index (χ1v) is 7.19. The molecule has 0 radical (unpaired) electrons. The number of piperazine rings is 1. The molecule has 2 atom stereocenters. The molecule has 0 bridgehead atoms. The molecule has 0 spiro atoms. The van der Waals surface area contributed by atoms with Crippen molar-refractivity contribution in [1.82, 2.24) is 14.7 Å². The van der Waals surface area contributed by atoms with Crippen LogP contribution in [0, 0.1) is 5.92 Å². The monoisotopic (exact) mass is 239 g/mol. The van der Waals surface area contributed by atoms with E-state index in [2.05, 4.69) is 42.6 Å². The highest BCUT2D eigenvalue weighted by Gasteiger charge is 2.28. The third-order valence-corrected chi connectivity index (χ3v) is 4.79. The van der Waals surface area contributed by atoms with Crippen LogP contribution in [0.3, 0.4) is 0 Å². The van der Waals surface area contributed by atoms with E-state index < -0.39 is 0 Å². The molecule has 2 saturated heterocycles. The lowest BCUT2D eigenvalue weighted by Gasteiger charge is -2.44. The van der Waals surface area contributed by atoms with E-state index in [0.717, 1.165) is 5.92 Å². The van der Waals surface area contributed by atoms with Crippen LogP contribution in [0.15, 0.2) is 0 Å². The molecule has 0 aliphatic carbocycles. The van der Waals surface area contributed by atoms with Crippen LogP contribution in [0.1, 0.15) is 26.7 Å². The Balaban J connectivity index is 1.79. The van der Waals surface area contributed by atoms with Gasteiger partial charge in [-0.2, -0.15) is 0 Å². The van der Waals surface area contributed by atoms with Gasteiger partial charge in [-0.05, 0) is 59.8 Å². The fraction of sp³-hybridized carbons (Fsp3) is 1.00. The van der Waals surface area contributed by atoms with Crippen molar-refractivity contribution >= 4 is 0 Å². The number of likely N-dealkylation sites (N-methyl/N-ethyl adjacent to an activating group) is 1. The van der Waals surface area contributed by atoms with Crippen molar-refractivity contribution < 1.29 is 0 Å². The van der Waals surface area contributed by atoms with Gasteiger partial charge in [-0.25, -0.2) is 0 Å². The van der Waals surface area contributed by atoms with Crippen LogP contribution in [0.25, 0.3) is 0 Å². The zero-order valence-corrected chi connectivity index (χ0v) is 12.0. The minimum Gasteiger partial charge on any atom is -0.306 e. The van der Waals surface area contributed by atoms with Gasteiger partial charge < -0.3 is 4.90 Å². The number of hydrogen-bond acceptors (Lipinski definition) is 3. The maximum atomic E-state index is 2.70. The Labute approximate surface area is 107 Å². The Hall–Kier alpha value is -0.120. The molecule has 2 heterocycles. The number of nitrogens with zero attached hydrogens (tertiary/aromatic N) is 3. The molecular weight excluding hydrogens is 210 g/mol. The summed E-state index contributed by atoms with van der Waals surface area (Å²) in [4.78, 5) is 7.68. The molecule has 0 aromatic heterocycles. The standard InChI is InChI=1S/C14H29N3/c1-12-9-17(10-13(2)16(12)4)11-14-5-7-15(3)8-6-14/h12-14H,5-11H2,1-4H3. The lowest BCUT2D eigenvalue weighted by molar-refractivity contribution is 0.0432. The van der Waals surface area contributed by atoms with Crippen LogP contribution in [0.5, 0.6) is 0 Å². The van der Waals surface area contributed by atoms with E-state index in [1.54, 1.807) is 0 Å². The highest BCUT2D eigenvalue weighted by molar-refractivity contribution is 4.84. The van der Waals surface area contributed by atoms with Crippen molar-refractivity contribution in [2.24, 2.45) is 5.92 Å². The van der Waals surface area contributed by atoms with Gasteiger partial charge in [0.2, 0.25) is 0 Å². The molecule has 0 amide bonds. The van der Waals surface area contributed by atoms with E-state index in [1.807, 2.05) is 0 Å². The fourth-order valence-electron chi connectivity index (χ4n) is 3.27. The van der Waals surface area contributed by atoms with Crippen LogP contribution < -0.4 is 0 Å². The topological polar surface area (TPSA) is 9.72 Å². The van der Waals surface area contributed by atoms with Crippen molar-refractivity contribution in [3.8, 4) is 0 Å². The van der Waals surface area contributed by atoms with Crippen LogP contribution in [0.4, 0.5) is 0 Å². The van der Waals surface area contributed by atoms with Gasteiger partial charge in [0.25, 0.3) is 0 Å². The Morgan fingerprint density at radius 3 is 2.00 bits per heavy atom. The second-order valence-corrected chi connectivity index (χ2v) is 6.33. The highest BCUT2D eigenvalue weighted by atomic mass is 15.3. The highest BCUT2D eigenvalue weighted by Crippen LogP contribution is 2.20. The zero-order chi connectivity index (χ0) is 12.4. The van der Waals surface area contributed by atoms with E-state index >= 15 is 0 Å². The number of hydrogen-bond donors (Lipinski definition) is 0. The molecule has 100 valence electrons. The van der Waals surface area contributed by atoms with Gasteiger partial charge in [0.1, 0.15) is 0 Å². The summed E-state index contributed by atoms with van der Waals surface area (Å²) in [5, 5.41) is 0. The molecule has 3 nitrogen and oxygen atoms in total. The number of rotatable bonds is 2. The molecule has 2 rings (SSSR count). The minimum atomic E-state index is 0.713. The molecule has 2 unspecified atom stereocenters. The summed E-state index contributed by atoms with van der Waals surface area (Å²) in [6.07, 6.45) is 2.79. The summed E-state index contributed by atoms with van der Waals surface area (Å²) in [6.45, 7) is 11.2. The Kier molecular flexibility index (Phi) is 4.45. The SMILES string of the molecule is CC1CN(CC2CCN(C)CC2)CC(C)N1C. The maximum absolute atomic E-state index is 2.70. The van der Waals surface area contributed by atoms with Gasteiger partial charge in [0, 0.05) is 31.7 Å². The average molecular weight is 239 g/mol. The van der Waals surface area contributed by atoms with Gasteiger partial charge >= 0.3 is 0 Å². The summed E-state index contributed by atoms with van der Waals surface area (Å²) in [5.74, 6) is 0.939. The molecule has 2 aliphatic rings. The molecule has 0 aromatic rings. The van der Waals surface area contributed by atoms with E-state index in [0.29, 0.717) is 12.1 Å². The quantitative estimate of drug-likeness (QED) is 0.720. The van der Waals surface area contributed by atoms with Crippen LogP contribution in [-0.4, -0.2) is 73.6 Å². The molecule has 3 heteroatoms. The Morgan fingerprint density at radius 2 is 1.47 bits per heavy atom. The third kappa shape index (κ3) is 3.43. The van der Waals surface area contributed by atoms with E-state index in [1.165, 1.54) is 45.6 Å². The fourth-order valence-corrected chi connectivity index (χ4v) is 3.27. The van der Waals surface area contributed by atoms with Crippen LogP contribution >= 0.6 is 0 Å². The summed E-state index contributed by atoms with van der Waals surface area (Å²) in [5.41, 5.74) is 0. The summed E-state index contributed by atoms with van der Waals surface area (Å²) in [7, 11) is 4.51. The predicted octanol–water partition coefficient (Wildman–Crippen LogP) is 1.35. The third-order valence-electron chi connectivity index (χ3n) is 4.79. The normalized spacial score (nSPS) is 35.3. The largest absolute Gasteiger partial charge is 0.306 e. The Bertz CT molecular complexity index is 224. The lowest BCUT2D eigenvalue weighted by Crippen LogP contribution is -2.56. The van der Waals surface area contributed by atoms with Crippen molar-refractivity contribution in [1.29, 1.82) is 0 Å². The van der Waals surface area contributed by atoms with Crippen molar-refractivity contribution in [3.63, 3.8) is 0 Å². The van der Waals surface area contributed by atoms with Gasteiger partial charge in [0.05, 0.1) is 0 Å². The summed E-state index contributed by atoms with van der Waals surface area (Å²) >= 11 is 0. The van der Waals surface area contributed by atoms with E-state index in [-0.39, 0.29) is 0 Å². The maximum Gasteiger partial charge on any atom is 0.0195 e. The van der Waals surface area contributed by atoms with Crippen molar-refractivity contribution in [2.45, 2.75) is 38.8 Å². The second kappa shape index (κ2) is 5.68. The van der Waals surface area contributed by atoms with Crippen molar-refractivity contribution in [3.05, 3.63) is 0 Å². The lowest BCUT2D eigenvalue weighted by atomic mass is 9.95. The molecule has 0 N–H and O–H groups in total. The molecule has 0 saturated carbocycles. The molecule has 2 fully saturated rings. The molecule has 0 aromatic carbocycles. The van der Waals surface area contributed by atoms with Gasteiger partial charge in [-0.3, -0.25) is 9.80 Å².